The number of aromatic nitrogens is 1. The summed E-state index contributed by atoms with van der Waals surface area (Å²) < 4.78 is 0. The van der Waals surface area contributed by atoms with E-state index in [1.165, 1.54) is 0 Å². The Kier molecular flexibility index (Phi) is 2.48. The Balaban J connectivity index is 2.86. The van der Waals surface area contributed by atoms with Crippen LogP contribution in [0.4, 0.5) is 10.6 Å². The Morgan fingerprint density at radius 1 is 1.73 bits per heavy atom. The summed E-state index contributed by atoms with van der Waals surface area (Å²) in [7, 11) is 0. The van der Waals surface area contributed by atoms with Gasteiger partial charge in [-0.05, 0) is 18.6 Å². The number of pyridine rings is 1. The summed E-state index contributed by atoms with van der Waals surface area (Å²) in [5.74, 6) is 0.562. The van der Waals surface area contributed by atoms with Gasteiger partial charge in [0.05, 0.1) is 0 Å². The maximum absolute atomic E-state index is 10.5. The van der Waals surface area contributed by atoms with Crippen LogP contribution in [0.3, 0.4) is 0 Å². The van der Waals surface area contributed by atoms with Crippen molar-refractivity contribution in [1.29, 1.82) is 0 Å². The molecule has 0 bridgehead atoms. The van der Waals surface area contributed by atoms with E-state index in [9.17, 15) is 4.79 Å². The van der Waals surface area contributed by atoms with E-state index in [4.69, 9.17) is 0 Å². The van der Waals surface area contributed by atoms with Crippen LogP contribution in [0, 0.1) is 6.92 Å². The van der Waals surface area contributed by atoms with Crippen molar-refractivity contribution in [2.45, 2.75) is 6.92 Å². The second kappa shape index (κ2) is 3.39. The van der Waals surface area contributed by atoms with Gasteiger partial charge in [0, 0.05) is 6.20 Å². The van der Waals surface area contributed by atoms with Crippen molar-refractivity contribution in [2.75, 3.05) is 5.32 Å². The third kappa shape index (κ3) is 2.23. The number of anilines is 1. The van der Waals surface area contributed by atoms with Gasteiger partial charge < -0.3 is 5.32 Å². The Hall–Kier alpha value is -1.03. The molecule has 4 heteroatoms. The Labute approximate surface area is 70.2 Å². The molecule has 1 amide bonds. The second-order valence-corrected chi connectivity index (χ2v) is 2.51. The zero-order valence-electron chi connectivity index (χ0n) is 6.03. The molecule has 0 saturated heterocycles. The minimum Gasteiger partial charge on any atom is -0.301 e. The summed E-state index contributed by atoms with van der Waals surface area (Å²) in [6.07, 6.45) is 1.62. The lowest BCUT2D eigenvalue weighted by Gasteiger charge is -2.01. The lowest BCUT2D eigenvalue weighted by Crippen LogP contribution is -2.04. The van der Waals surface area contributed by atoms with E-state index in [1.807, 2.05) is 19.1 Å². The summed E-state index contributed by atoms with van der Waals surface area (Å²) in [5.41, 5.74) is 0.926. The number of carbonyl (C=O) groups is 1. The Morgan fingerprint density at radius 3 is 3.00 bits per heavy atom. The fourth-order valence-corrected chi connectivity index (χ4v) is 0.824. The van der Waals surface area contributed by atoms with Crippen LogP contribution in [0.2, 0.25) is 0 Å². The average molecular weight is 168 g/mol. The van der Waals surface area contributed by atoms with E-state index in [-0.39, 0.29) is 0 Å². The predicted octanol–water partition coefficient (Wildman–Crippen LogP) is 1.85. The minimum absolute atomic E-state index is 0.396. The first-order valence-corrected chi connectivity index (χ1v) is 3.56. The summed E-state index contributed by atoms with van der Waals surface area (Å²) in [6, 6.07) is 3.68. The van der Waals surface area contributed by atoms with E-state index >= 15 is 0 Å². The first-order valence-electron chi connectivity index (χ1n) is 3.11. The first-order chi connectivity index (χ1) is 5.20. The Bertz CT molecular complexity index is 275. The molecule has 1 heterocycles. The zero-order valence-corrected chi connectivity index (χ0v) is 6.93. The van der Waals surface area contributed by atoms with Gasteiger partial charge in [0.2, 0.25) is 0 Å². The van der Waals surface area contributed by atoms with Crippen molar-refractivity contribution in [1.82, 2.24) is 4.98 Å². The number of thiol groups is 1. The molecule has 0 aromatic carbocycles. The summed E-state index contributed by atoms with van der Waals surface area (Å²) in [5, 5.41) is 2.09. The van der Waals surface area contributed by atoms with Crippen molar-refractivity contribution in [2.24, 2.45) is 0 Å². The standard InChI is InChI=1S/C7H8N2OS/c1-5-3-2-4-8-6(5)9-7(10)11/h2-4H,1H3,(H2,8,9,10,11). The fraction of sp³-hybridized carbons (Fsp3) is 0.143. The number of rotatable bonds is 1. The Morgan fingerprint density at radius 2 is 2.45 bits per heavy atom. The number of amides is 1. The quantitative estimate of drug-likeness (QED) is 0.628. The van der Waals surface area contributed by atoms with Crippen molar-refractivity contribution >= 4 is 23.7 Å². The zero-order chi connectivity index (χ0) is 8.27. The molecular weight excluding hydrogens is 160 g/mol. The van der Waals surface area contributed by atoms with Gasteiger partial charge in [-0.15, -0.1) is 0 Å². The summed E-state index contributed by atoms with van der Waals surface area (Å²) >= 11 is 3.57. The highest BCUT2D eigenvalue weighted by Gasteiger charge is 1.98. The molecule has 1 aromatic heterocycles. The number of carbonyl (C=O) groups excluding carboxylic acids is 1. The van der Waals surface area contributed by atoms with Gasteiger partial charge >= 0.3 is 0 Å². The maximum Gasteiger partial charge on any atom is 0.281 e. The molecule has 0 atom stereocenters. The highest BCUT2D eigenvalue weighted by Crippen LogP contribution is 2.09. The van der Waals surface area contributed by atoms with Crippen LogP contribution < -0.4 is 5.32 Å². The predicted molar refractivity (Wildman–Crippen MR) is 47.0 cm³/mol. The molecule has 0 spiro atoms. The molecule has 0 saturated carbocycles. The van der Waals surface area contributed by atoms with Gasteiger partial charge in [-0.3, -0.25) is 4.79 Å². The van der Waals surface area contributed by atoms with Gasteiger partial charge in [-0.2, -0.15) is 0 Å². The monoisotopic (exact) mass is 168 g/mol. The summed E-state index contributed by atoms with van der Waals surface area (Å²) in [4.78, 5) is 14.4. The molecule has 11 heavy (non-hydrogen) atoms. The van der Waals surface area contributed by atoms with Crippen molar-refractivity contribution in [3.63, 3.8) is 0 Å². The molecule has 1 N–H and O–H groups in total. The lowest BCUT2D eigenvalue weighted by molar-refractivity contribution is 0.270. The highest BCUT2D eigenvalue weighted by atomic mass is 32.1. The topological polar surface area (TPSA) is 42.0 Å². The highest BCUT2D eigenvalue weighted by molar-refractivity contribution is 7.96. The fourth-order valence-electron chi connectivity index (χ4n) is 0.718. The normalized spacial score (nSPS) is 9.27. The molecule has 0 radical (unpaired) electrons. The third-order valence-electron chi connectivity index (χ3n) is 1.23. The smallest absolute Gasteiger partial charge is 0.281 e. The van der Waals surface area contributed by atoms with E-state index < -0.39 is 5.24 Å². The van der Waals surface area contributed by atoms with Crippen LogP contribution in [0.1, 0.15) is 5.56 Å². The summed E-state index contributed by atoms with van der Waals surface area (Å²) in [6.45, 7) is 1.87. The molecule has 0 aliphatic heterocycles. The molecule has 0 aliphatic rings. The van der Waals surface area contributed by atoms with Crippen LogP contribution in [-0.2, 0) is 0 Å². The third-order valence-corrected chi connectivity index (χ3v) is 1.35. The molecule has 58 valence electrons. The minimum atomic E-state index is -0.396. The molecule has 1 rings (SSSR count). The van der Waals surface area contributed by atoms with Crippen LogP contribution in [-0.4, -0.2) is 10.2 Å². The van der Waals surface area contributed by atoms with Crippen molar-refractivity contribution in [3.05, 3.63) is 23.9 Å². The number of nitrogens with zero attached hydrogens (tertiary/aromatic N) is 1. The van der Waals surface area contributed by atoms with E-state index in [1.54, 1.807) is 6.20 Å². The van der Waals surface area contributed by atoms with Gasteiger partial charge in [0.25, 0.3) is 5.24 Å². The van der Waals surface area contributed by atoms with Gasteiger partial charge in [0.1, 0.15) is 5.82 Å². The van der Waals surface area contributed by atoms with Crippen LogP contribution >= 0.6 is 12.6 Å². The van der Waals surface area contributed by atoms with Crippen molar-refractivity contribution < 1.29 is 4.79 Å². The molecule has 0 fully saturated rings. The second-order valence-electron chi connectivity index (χ2n) is 2.10. The molecule has 1 aromatic rings. The number of hydrogen-bond donors (Lipinski definition) is 2. The van der Waals surface area contributed by atoms with Gasteiger partial charge in [-0.25, -0.2) is 4.98 Å². The van der Waals surface area contributed by atoms with E-state index in [0.717, 1.165) is 5.56 Å². The van der Waals surface area contributed by atoms with Gasteiger partial charge in [-0.1, -0.05) is 18.7 Å². The number of hydrogen-bond acceptors (Lipinski definition) is 2. The number of aryl methyl sites for hydroxylation is 1. The lowest BCUT2D eigenvalue weighted by atomic mass is 10.3. The van der Waals surface area contributed by atoms with Crippen LogP contribution in [0.25, 0.3) is 0 Å². The van der Waals surface area contributed by atoms with E-state index in [0.29, 0.717) is 5.82 Å². The number of nitrogens with one attached hydrogen (secondary N) is 1. The van der Waals surface area contributed by atoms with Gasteiger partial charge in [0.15, 0.2) is 0 Å². The first kappa shape index (κ1) is 8.07. The van der Waals surface area contributed by atoms with Crippen molar-refractivity contribution in [3.8, 4) is 0 Å². The van der Waals surface area contributed by atoms with Crippen LogP contribution in [0.15, 0.2) is 18.3 Å². The maximum atomic E-state index is 10.5. The molecule has 3 nitrogen and oxygen atoms in total. The van der Waals surface area contributed by atoms with Crippen LogP contribution in [0.5, 0.6) is 0 Å². The average Bonchev–Trinajstić information content (AvgIpc) is 1.93. The molecular formula is C7H8N2OS. The SMILES string of the molecule is Cc1cccnc1NC(=O)S. The van der Waals surface area contributed by atoms with E-state index in [2.05, 4.69) is 22.9 Å². The largest absolute Gasteiger partial charge is 0.301 e. The molecule has 0 aliphatic carbocycles. The molecule has 0 unspecified atom stereocenters.